The van der Waals surface area contributed by atoms with Gasteiger partial charge >= 0.3 is 6.18 Å². The molecular weight excluding hydrogens is 238 g/mol. The van der Waals surface area contributed by atoms with E-state index in [9.17, 15) is 22.4 Å². The van der Waals surface area contributed by atoms with Crippen LogP contribution in [0.25, 0.3) is 6.08 Å². The molecule has 0 radical (unpaired) electrons. The lowest BCUT2D eigenvalue weighted by molar-refractivity contribution is -0.135. The topological polar surface area (TPSA) is 29.1 Å². The highest BCUT2D eigenvalue weighted by atomic mass is 19.4. The number of hydrogen-bond donors (Lipinski definition) is 1. The Morgan fingerprint density at radius 3 is 2.53 bits per heavy atom. The van der Waals surface area contributed by atoms with Crippen molar-refractivity contribution in [1.82, 2.24) is 5.32 Å². The zero-order chi connectivity index (χ0) is 12.9. The smallest absolute Gasteiger partial charge is 0.343 e. The molecule has 0 aliphatic rings. The molecule has 92 valence electrons. The van der Waals surface area contributed by atoms with Gasteiger partial charge in [-0.05, 0) is 12.1 Å². The average molecular weight is 247 g/mol. The third kappa shape index (κ3) is 5.14. The van der Waals surface area contributed by atoms with Crippen LogP contribution in [0.2, 0.25) is 0 Å². The predicted octanol–water partition coefficient (Wildman–Crippen LogP) is 2.52. The Labute approximate surface area is 94.9 Å². The van der Waals surface area contributed by atoms with E-state index in [0.717, 1.165) is 12.2 Å². The van der Waals surface area contributed by atoms with E-state index in [0.29, 0.717) is 0 Å². The van der Waals surface area contributed by atoms with Crippen molar-refractivity contribution in [1.29, 1.82) is 0 Å². The number of amides is 1. The summed E-state index contributed by atoms with van der Waals surface area (Å²) in [5.41, 5.74) is 0.134. The van der Waals surface area contributed by atoms with E-state index >= 15 is 0 Å². The molecule has 1 rings (SSSR count). The normalized spacial score (nSPS) is 11.8. The molecule has 0 heterocycles. The van der Waals surface area contributed by atoms with Gasteiger partial charge in [-0.1, -0.05) is 18.2 Å². The molecule has 1 aromatic carbocycles. The first-order chi connectivity index (χ1) is 7.88. The number of carbonyl (C=O) groups is 1. The van der Waals surface area contributed by atoms with Gasteiger partial charge in [-0.25, -0.2) is 4.39 Å². The Hall–Kier alpha value is -1.85. The van der Waals surface area contributed by atoms with Crippen LogP contribution in [0, 0.1) is 5.82 Å². The lowest BCUT2D eigenvalue weighted by Crippen LogP contribution is -2.32. The fourth-order valence-corrected chi connectivity index (χ4v) is 1.02. The number of hydrogen-bond acceptors (Lipinski definition) is 1. The van der Waals surface area contributed by atoms with E-state index in [1.165, 1.54) is 18.2 Å². The van der Waals surface area contributed by atoms with Crippen molar-refractivity contribution >= 4 is 12.0 Å². The molecule has 0 spiro atoms. The van der Waals surface area contributed by atoms with Crippen LogP contribution in [0.1, 0.15) is 5.56 Å². The number of carbonyl (C=O) groups excluding carboxylic acids is 1. The number of rotatable bonds is 3. The number of nitrogens with one attached hydrogen (secondary N) is 1. The summed E-state index contributed by atoms with van der Waals surface area (Å²) in [6.07, 6.45) is -2.49. The van der Waals surface area contributed by atoms with E-state index in [-0.39, 0.29) is 5.56 Å². The van der Waals surface area contributed by atoms with Crippen LogP contribution >= 0.6 is 0 Å². The maximum atomic E-state index is 13.1. The van der Waals surface area contributed by atoms with Gasteiger partial charge in [0.2, 0.25) is 5.91 Å². The predicted molar refractivity (Wildman–Crippen MR) is 54.5 cm³/mol. The fraction of sp³-hybridized carbons (Fsp3) is 0.182. The summed E-state index contributed by atoms with van der Waals surface area (Å²) in [6.45, 7) is -1.41. The van der Waals surface area contributed by atoms with Crippen molar-refractivity contribution in [3.8, 4) is 0 Å². The Morgan fingerprint density at radius 1 is 1.29 bits per heavy atom. The van der Waals surface area contributed by atoms with Crippen LogP contribution < -0.4 is 5.32 Å². The third-order valence-electron chi connectivity index (χ3n) is 1.78. The number of alkyl halides is 3. The van der Waals surface area contributed by atoms with Crippen molar-refractivity contribution in [3.63, 3.8) is 0 Å². The molecule has 2 nitrogen and oxygen atoms in total. The lowest BCUT2D eigenvalue weighted by Gasteiger charge is -2.05. The molecule has 0 atom stereocenters. The molecule has 0 saturated carbocycles. The Kier molecular flexibility index (Phi) is 4.25. The molecule has 0 aliphatic carbocycles. The van der Waals surface area contributed by atoms with Gasteiger partial charge in [-0.2, -0.15) is 13.2 Å². The van der Waals surface area contributed by atoms with Crippen LogP contribution in [0.15, 0.2) is 30.3 Å². The van der Waals surface area contributed by atoms with Gasteiger partial charge in [0.05, 0.1) is 0 Å². The van der Waals surface area contributed by atoms with E-state index < -0.39 is 24.4 Å². The molecule has 0 aliphatic heterocycles. The molecule has 0 bridgehead atoms. The van der Waals surface area contributed by atoms with E-state index in [2.05, 4.69) is 0 Å². The van der Waals surface area contributed by atoms with Crippen molar-refractivity contribution in [2.24, 2.45) is 0 Å². The summed E-state index contributed by atoms with van der Waals surface area (Å²) >= 11 is 0. The first kappa shape index (κ1) is 13.2. The SMILES string of the molecule is O=C(C=Cc1ccccc1F)NCC(F)(F)F. The minimum atomic E-state index is -4.46. The molecule has 17 heavy (non-hydrogen) atoms. The standard InChI is InChI=1S/C11H9F4NO/c12-9-4-2-1-3-8(9)5-6-10(17)16-7-11(13,14)15/h1-6H,7H2,(H,16,17). The second-order valence-electron chi connectivity index (χ2n) is 3.19. The number of benzene rings is 1. The molecule has 0 saturated heterocycles. The maximum Gasteiger partial charge on any atom is 0.405 e. The summed E-state index contributed by atoms with van der Waals surface area (Å²) in [5, 5.41) is 1.64. The molecule has 0 fully saturated rings. The summed E-state index contributed by atoms with van der Waals surface area (Å²) in [5.74, 6) is -1.47. The van der Waals surface area contributed by atoms with Crippen LogP contribution in [0.5, 0.6) is 0 Å². The third-order valence-corrected chi connectivity index (χ3v) is 1.78. The highest BCUT2D eigenvalue weighted by molar-refractivity contribution is 5.91. The maximum absolute atomic E-state index is 13.1. The van der Waals surface area contributed by atoms with Gasteiger partial charge in [-0.3, -0.25) is 4.79 Å². The molecule has 0 unspecified atom stereocenters. The zero-order valence-corrected chi connectivity index (χ0v) is 8.59. The molecule has 1 N–H and O–H groups in total. The largest absolute Gasteiger partial charge is 0.405 e. The van der Waals surface area contributed by atoms with Crippen LogP contribution in [0.3, 0.4) is 0 Å². The molecular formula is C11H9F4NO. The van der Waals surface area contributed by atoms with Crippen molar-refractivity contribution < 1.29 is 22.4 Å². The number of halogens is 4. The molecule has 1 amide bonds. The van der Waals surface area contributed by atoms with Gasteiger partial charge < -0.3 is 5.32 Å². The van der Waals surface area contributed by atoms with Gasteiger partial charge in [-0.15, -0.1) is 0 Å². The summed E-state index contributed by atoms with van der Waals surface area (Å²) in [7, 11) is 0. The monoisotopic (exact) mass is 247 g/mol. The minimum Gasteiger partial charge on any atom is -0.343 e. The Morgan fingerprint density at radius 2 is 1.94 bits per heavy atom. The van der Waals surface area contributed by atoms with E-state index in [1.54, 1.807) is 11.4 Å². The molecule has 1 aromatic rings. The van der Waals surface area contributed by atoms with Gasteiger partial charge in [0.25, 0.3) is 0 Å². The zero-order valence-electron chi connectivity index (χ0n) is 8.59. The Bertz CT molecular complexity index is 426. The molecule has 0 aromatic heterocycles. The van der Waals surface area contributed by atoms with Crippen LogP contribution in [0.4, 0.5) is 17.6 Å². The van der Waals surface area contributed by atoms with Crippen molar-refractivity contribution in [3.05, 3.63) is 41.7 Å². The Balaban J connectivity index is 2.55. The van der Waals surface area contributed by atoms with Crippen molar-refractivity contribution in [2.45, 2.75) is 6.18 Å². The molecule has 6 heteroatoms. The summed E-state index contributed by atoms with van der Waals surface area (Å²) < 4.78 is 48.3. The quantitative estimate of drug-likeness (QED) is 0.645. The lowest BCUT2D eigenvalue weighted by atomic mass is 10.2. The summed E-state index contributed by atoms with van der Waals surface area (Å²) in [6, 6.07) is 5.61. The van der Waals surface area contributed by atoms with Crippen molar-refractivity contribution in [2.75, 3.05) is 6.54 Å². The van der Waals surface area contributed by atoms with Gasteiger partial charge in [0.1, 0.15) is 12.4 Å². The van der Waals surface area contributed by atoms with E-state index in [1.807, 2.05) is 0 Å². The first-order valence-electron chi connectivity index (χ1n) is 4.66. The fourth-order valence-electron chi connectivity index (χ4n) is 1.02. The van der Waals surface area contributed by atoms with E-state index in [4.69, 9.17) is 0 Å². The first-order valence-corrected chi connectivity index (χ1v) is 4.66. The second kappa shape index (κ2) is 5.47. The highest BCUT2D eigenvalue weighted by Gasteiger charge is 2.27. The average Bonchev–Trinajstić information content (AvgIpc) is 2.24. The van der Waals surface area contributed by atoms with Crippen LogP contribution in [-0.2, 0) is 4.79 Å². The highest BCUT2D eigenvalue weighted by Crippen LogP contribution is 2.12. The minimum absolute atomic E-state index is 0.134. The van der Waals surface area contributed by atoms with Gasteiger partial charge in [0, 0.05) is 11.6 Å². The van der Waals surface area contributed by atoms with Gasteiger partial charge in [0.15, 0.2) is 0 Å². The second-order valence-corrected chi connectivity index (χ2v) is 3.19. The summed E-state index contributed by atoms with van der Waals surface area (Å²) in [4.78, 5) is 11.0. The van der Waals surface area contributed by atoms with Crippen LogP contribution in [-0.4, -0.2) is 18.6 Å².